The smallest absolute Gasteiger partial charge is 0.223 e. The lowest BCUT2D eigenvalue weighted by atomic mass is 10.00. The Labute approximate surface area is 225 Å². The van der Waals surface area contributed by atoms with Gasteiger partial charge in [0.1, 0.15) is 5.82 Å². The molecule has 0 unspecified atom stereocenters. The van der Waals surface area contributed by atoms with Crippen LogP contribution in [0, 0.1) is 5.82 Å². The first-order chi connectivity index (χ1) is 18.8. The minimum atomic E-state index is -0.411. The van der Waals surface area contributed by atoms with Gasteiger partial charge in [0, 0.05) is 42.5 Å². The molecule has 2 N–H and O–H groups in total. The Morgan fingerprint density at radius 1 is 0.974 bits per heavy atom. The number of fused-ring (bicyclic) bond motifs is 2. The standard InChI is InChI=1S/C30H29FN6O2/c1-19(38)37(16-4-15-36(2)3)23-9-7-22(8-10-23)34-29(20-5-12-25-27(17-20)33-14-13-32-25)28-24-11-6-21(31)18-26(24)35-30(28)39/h5-14,17-18,35,39H,4,15-16H2,1-3H3. The van der Waals surface area contributed by atoms with Crippen molar-refractivity contribution in [2.45, 2.75) is 13.3 Å². The van der Waals surface area contributed by atoms with Gasteiger partial charge in [-0.15, -0.1) is 0 Å². The van der Waals surface area contributed by atoms with E-state index in [2.05, 4.69) is 19.9 Å². The fourth-order valence-electron chi connectivity index (χ4n) is 4.62. The molecule has 2 aromatic heterocycles. The Balaban J connectivity index is 1.59. The number of carbonyl (C=O) groups is 1. The lowest BCUT2D eigenvalue weighted by Gasteiger charge is -2.22. The van der Waals surface area contributed by atoms with E-state index in [1.807, 2.05) is 56.6 Å². The molecule has 5 aromatic rings. The molecule has 0 saturated carbocycles. The van der Waals surface area contributed by atoms with Crippen LogP contribution in [0.15, 0.2) is 78.0 Å². The molecular formula is C30H29FN6O2. The number of hydrogen-bond donors (Lipinski definition) is 2. The van der Waals surface area contributed by atoms with E-state index in [1.165, 1.54) is 12.1 Å². The molecule has 8 nitrogen and oxygen atoms in total. The Kier molecular flexibility index (Phi) is 7.33. The molecule has 9 heteroatoms. The number of aromatic amines is 1. The highest BCUT2D eigenvalue weighted by atomic mass is 19.1. The minimum absolute atomic E-state index is 0.0288. The van der Waals surface area contributed by atoms with Gasteiger partial charge in [-0.2, -0.15) is 0 Å². The summed E-state index contributed by atoms with van der Waals surface area (Å²) >= 11 is 0. The number of rotatable bonds is 8. The Hall–Kier alpha value is -4.63. The molecule has 0 fully saturated rings. The van der Waals surface area contributed by atoms with Crippen molar-refractivity contribution in [3.63, 3.8) is 0 Å². The molecule has 198 valence electrons. The van der Waals surface area contributed by atoms with Gasteiger partial charge in [0.05, 0.1) is 33.5 Å². The highest BCUT2D eigenvalue weighted by Crippen LogP contribution is 2.33. The van der Waals surface area contributed by atoms with E-state index in [0.717, 1.165) is 24.2 Å². The van der Waals surface area contributed by atoms with Gasteiger partial charge >= 0.3 is 0 Å². The second-order valence-electron chi connectivity index (χ2n) is 9.60. The molecule has 0 radical (unpaired) electrons. The van der Waals surface area contributed by atoms with E-state index in [9.17, 15) is 14.3 Å². The van der Waals surface area contributed by atoms with Crippen LogP contribution in [0.5, 0.6) is 5.88 Å². The van der Waals surface area contributed by atoms with Crippen molar-refractivity contribution in [2.75, 3.05) is 32.1 Å². The van der Waals surface area contributed by atoms with Gasteiger partial charge in [-0.1, -0.05) is 6.07 Å². The van der Waals surface area contributed by atoms with Crippen LogP contribution in [0.2, 0.25) is 0 Å². The van der Waals surface area contributed by atoms with Crippen LogP contribution in [0.25, 0.3) is 21.9 Å². The van der Waals surface area contributed by atoms with Gasteiger partial charge in [-0.05, 0) is 81.7 Å². The van der Waals surface area contributed by atoms with Crippen LogP contribution in [0.4, 0.5) is 15.8 Å². The number of carbonyl (C=O) groups excluding carboxylic acids is 1. The van der Waals surface area contributed by atoms with E-state index < -0.39 is 5.82 Å². The van der Waals surface area contributed by atoms with Crippen LogP contribution >= 0.6 is 0 Å². The lowest BCUT2D eigenvalue weighted by Crippen LogP contribution is -2.31. The largest absolute Gasteiger partial charge is 0.494 e. The molecule has 5 rings (SSSR count). The maximum Gasteiger partial charge on any atom is 0.223 e. The summed E-state index contributed by atoms with van der Waals surface area (Å²) in [7, 11) is 4.01. The Morgan fingerprint density at radius 3 is 2.44 bits per heavy atom. The summed E-state index contributed by atoms with van der Waals surface area (Å²) in [5.74, 6) is -0.557. The Bertz CT molecular complexity index is 1680. The monoisotopic (exact) mass is 524 g/mol. The number of anilines is 1. The van der Waals surface area contributed by atoms with Gasteiger partial charge in [-0.3, -0.25) is 14.8 Å². The summed E-state index contributed by atoms with van der Waals surface area (Å²) in [6.07, 6.45) is 4.10. The number of halogens is 1. The number of nitrogens with zero attached hydrogens (tertiary/aromatic N) is 5. The summed E-state index contributed by atoms with van der Waals surface area (Å²) in [5.41, 5.74) is 4.93. The SMILES string of the molecule is CC(=O)N(CCCN(C)C)c1ccc(N=C(c2ccc3nccnc3c2)c2c(O)[nH]c3cc(F)ccc23)cc1. The highest BCUT2D eigenvalue weighted by Gasteiger charge is 2.20. The predicted molar refractivity (Wildman–Crippen MR) is 152 cm³/mol. The molecule has 0 atom stereocenters. The third-order valence-electron chi connectivity index (χ3n) is 6.49. The van der Waals surface area contributed by atoms with Crippen molar-refractivity contribution >= 4 is 44.9 Å². The molecule has 0 aliphatic heterocycles. The number of benzene rings is 3. The average Bonchev–Trinajstić information content (AvgIpc) is 3.24. The molecule has 3 aromatic carbocycles. The van der Waals surface area contributed by atoms with Crippen LogP contribution < -0.4 is 4.90 Å². The zero-order valence-electron chi connectivity index (χ0n) is 22.0. The van der Waals surface area contributed by atoms with E-state index in [-0.39, 0.29) is 11.8 Å². The maximum absolute atomic E-state index is 13.9. The van der Waals surface area contributed by atoms with Crippen LogP contribution in [0.3, 0.4) is 0 Å². The summed E-state index contributed by atoms with van der Waals surface area (Å²) in [6, 6.07) is 17.3. The summed E-state index contributed by atoms with van der Waals surface area (Å²) in [6.45, 7) is 3.05. The first kappa shape index (κ1) is 26.0. The third kappa shape index (κ3) is 5.63. The van der Waals surface area contributed by atoms with Crippen molar-refractivity contribution in [1.82, 2.24) is 19.9 Å². The number of aromatic hydroxyl groups is 1. The van der Waals surface area contributed by atoms with Gasteiger partial charge < -0.3 is 19.9 Å². The normalized spacial score (nSPS) is 12.0. The lowest BCUT2D eigenvalue weighted by molar-refractivity contribution is -0.116. The summed E-state index contributed by atoms with van der Waals surface area (Å²) in [4.78, 5) is 32.7. The highest BCUT2D eigenvalue weighted by molar-refractivity contribution is 6.22. The Morgan fingerprint density at radius 2 is 1.72 bits per heavy atom. The van der Waals surface area contributed by atoms with E-state index in [0.29, 0.717) is 45.5 Å². The summed E-state index contributed by atoms with van der Waals surface area (Å²) < 4.78 is 13.9. The minimum Gasteiger partial charge on any atom is -0.494 e. The van der Waals surface area contributed by atoms with E-state index in [4.69, 9.17) is 4.99 Å². The topological polar surface area (TPSA) is 97.7 Å². The molecule has 0 spiro atoms. The molecule has 0 saturated heterocycles. The number of aromatic nitrogens is 3. The van der Waals surface area contributed by atoms with Crippen molar-refractivity contribution in [1.29, 1.82) is 0 Å². The number of aliphatic imine (C=N–C) groups is 1. The number of H-pyrrole nitrogens is 1. The van der Waals surface area contributed by atoms with Crippen LogP contribution in [0.1, 0.15) is 24.5 Å². The van der Waals surface area contributed by atoms with E-state index in [1.54, 1.807) is 30.3 Å². The zero-order valence-corrected chi connectivity index (χ0v) is 22.0. The molecule has 39 heavy (non-hydrogen) atoms. The molecule has 0 aliphatic rings. The first-order valence-electron chi connectivity index (χ1n) is 12.6. The van der Waals surface area contributed by atoms with Crippen molar-refractivity contribution in [3.05, 3.63) is 90.0 Å². The van der Waals surface area contributed by atoms with Crippen LogP contribution in [-0.2, 0) is 4.79 Å². The third-order valence-corrected chi connectivity index (χ3v) is 6.49. The van der Waals surface area contributed by atoms with Gasteiger partial charge in [0.2, 0.25) is 5.91 Å². The average molecular weight is 525 g/mol. The fraction of sp³-hybridized carbons (Fsp3) is 0.200. The van der Waals surface area contributed by atoms with Crippen molar-refractivity contribution in [3.8, 4) is 5.88 Å². The zero-order chi connectivity index (χ0) is 27.5. The maximum atomic E-state index is 13.9. The predicted octanol–water partition coefficient (Wildman–Crippen LogP) is 5.43. The molecule has 0 aliphatic carbocycles. The molecule has 1 amide bonds. The fourth-order valence-corrected chi connectivity index (χ4v) is 4.62. The number of nitrogens with one attached hydrogen (secondary N) is 1. The quantitative estimate of drug-likeness (QED) is 0.264. The second-order valence-corrected chi connectivity index (χ2v) is 9.60. The molecular weight excluding hydrogens is 495 g/mol. The molecule has 0 bridgehead atoms. The van der Waals surface area contributed by atoms with Crippen LogP contribution in [-0.4, -0.2) is 63.8 Å². The van der Waals surface area contributed by atoms with Gasteiger partial charge in [0.15, 0.2) is 5.88 Å². The number of hydrogen-bond acceptors (Lipinski definition) is 6. The van der Waals surface area contributed by atoms with Gasteiger partial charge in [0.25, 0.3) is 0 Å². The van der Waals surface area contributed by atoms with E-state index >= 15 is 0 Å². The summed E-state index contributed by atoms with van der Waals surface area (Å²) in [5, 5.41) is 11.5. The molecule has 2 heterocycles. The second kappa shape index (κ2) is 11.0. The first-order valence-corrected chi connectivity index (χ1v) is 12.6. The van der Waals surface area contributed by atoms with Crippen molar-refractivity contribution in [2.24, 2.45) is 4.99 Å². The van der Waals surface area contributed by atoms with Crippen molar-refractivity contribution < 1.29 is 14.3 Å². The number of amides is 1. The van der Waals surface area contributed by atoms with Gasteiger partial charge in [-0.25, -0.2) is 9.38 Å².